The minimum atomic E-state index is -0.258. The standard InChI is InChI=1S/C15H20N2O2/c18-10-11-4-6-12(7-5-11)13-14(19)17-15(16-13)8-2-1-3-9-15/h4-7,13,16,18H,1-3,8-10H2,(H,17,19). The lowest BCUT2D eigenvalue weighted by molar-refractivity contribution is -0.121. The van der Waals surface area contributed by atoms with Gasteiger partial charge in [-0.1, -0.05) is 30.7 Å². The van der Waals surface area contributed by atoms with Crippen molar-refractivity contribution in [1.29, 1.82) is 0 Å². The molecule has 0 radical (unpaired) electrons. The number of benzene rings is 1. The first-order valence-corrected chi connectivity index (χ1v) is 7.02. The van der Waals surface area contributed by atoms with E-state index in [1.54, 1.807) is 0 Å². The van der Waals surface area contributed by atoms with Crippen LogP contribution in [-0.2, 0) is 11.4 Å². The smallest absolute Gasteiger partial charge is 0.243 e. The number of aliphatic hydroxyl groups excluding tert-OH is 1. The maximum Gasteiger partial charge on any atom is 0.243 e. The molecule has 0 aromatic heterocycles. The van der Waals surface area contributed by atoms with Gasteiger partial charge in [-0.2, -0.15) is 0 Å². The zero-order valence-electron chi connectivity index (χ0n) is 11.0. The van der Waals surface area contributed by atoms with Crippen LogP contribution in [-0.4, -0.2) is 16.7 Å². The highest BCUT2D eigenvalue weighted by Gasteiger charge is 2.44. The fraction of sp³-hybridized carbons (Fsp3) is 0.533. The zero-order valence-corrected chi connectivity index (χ0v) is 11.0. The van der Waals surface area contributed by atoms with Gasteiger partial charge in [0.2, 0.25) is 5.91 Å². The predicted octanol–water partition coefficient (Wildman–Crippen LogP) is 1.60. The van der Waals surface area contributed by atoms with E-state index in [-0.39, 0.29) is 24.2 Å². The molecule has 1 unspecified atom stereocenters. The molecule has 3 rings (SSSR count). The van der Waals surface area contributed by atoms with Crippen LogP contribution in [0.2, 0.25) is 0 Å². The van der Waals surface area contributed by atoms with E-state index in [9.17, 15) is 4.79 Å². The van der Waals surface area contributed by atoms with Crippen molar-refractivity contribution in [3.05, 3.63) is 35.4 Å². The number of hydrogen-bond donors (Lipinski definition) is 3. The quantitative estimate of drug-likeness (QED) is 0.757. The number of aliphatic hydroxyl groups is 1. The summed E-state index contributed by atoms with van der Waals surface area (Å²) in [7, 11) is 0. The molecule has 4 nitrogen and oxygen atoms in total. The lowest BCUT2D eigenvalue weighted by Crippen LogP contribution is -2.51. The van der Waals surface area contributed by atoms with Crippen LogP contribution in [0.1, 0.15) is 49.3 Å². The van der Waals surface area contributed by atoms with E-state index in [0.29, 0.717) is 0 Å². The molecule has 0 bridgehead atoms. The lowest BCUT2D eigenvalue weighted by Gasteiger charge is -2.33. The molecule has 4 heteroatoms. The van der Waals surface area contributed by atoms with Crippen molar-refractivity contribution < 1.29 is 9.90 Å². The fourth-order valence-corrected chi connectivity index (χ4v) is 3.16. The average Bonchev–Trinajstić information content (AvgIpc) is 2.76. The Labute approximate surface area is 113 Å². The maximum absolute atomic E-state index is 12.2. The van der Waals surface area contributed by atoms with E-state index in [0.717, 1.165) is 24.0 Å². The van der Waals surface area contributed by atoms with E-state index in [2.05, 4.69) is 10.6 Å². The Bertz CT molecular complexity index is 464. The summed E-state index contributed by atoms with van der Waals surface area (Å²) in [6, 6.07) is 7.33. The Morgan fingerprint density at radius 1 is 1.16 bits per heavy atom. The van der Waals surface area contributed by atoms with Crippen LogP contribution in [0.5, 0.6) is 0 Å². The second kappa shape index (κ2) is 4.94. The van der Waals surface area contributed by atoms with Crippen molar-refractivity contribution in [1.82, 2.24) is 10.6 Å². The summed E-state index contributed by atoms with van der Waals surface area (Å²) in [6.45, 7) is 0.0362. The third-order valence-electron chi connectivity index (χ3n) is 4.25. The number of nitrogens with one attached hydrogen (secondary N) is 2. The van der Waals surface area contributed by atoms with Gasteiger partial charge >= 0.3 is 0 Å². The summed E-state index contributed by atoms with van der Waals surface area (Å²) in [5.41, 5.74) is 1.65. The van der Waals surface area contributed by atoms with Gasteiger partial charge in [-0.25, -0.2) is 0 Å². The highest BCUT2D eigenvalue weighted by Crippen LogP contribution is 2.33. The first kappa shape index (κ1) is 12.6. The van der Waals surface area contributed by atoms with Crippen molar-refractivity contribution in [2.24, 2.45) is 0 Å². The highest BCUT2D eigenvalue weighted by molar-refractivity contribution is 5.86. The molecular formula is C15H20N2O2. The van der Waals surface area contributed by atoms with Gasteiger partial charge in [-0.15, -0.1) is 0 Å². The van der Waals surface area contributed by atoms with Crippen molar-refractivity contribution in [3.63, 3.8) is 0 Å². The largest absolute Gasteiger partial charge is 0.392 e. The monoisotopic (exact) mass is 260 g/mol. The van der Waals surface area contributed by atoms with Crippen LogP contribution >= 0.6 is 0 Å². The minimum Gasteiger partial charge on any atom is -0.392 e. The molecule has 1 amide bonds. The first-order chi connectivity index (χ1) is 9.22. The summed E-state index contributed by atoms with van der Waals surface area (Å²) < 4.78 is 0. The molecule has 1 aromatic rings. The number of carbonyl (C=O) groups excluding carboxylic acids is 1. The molecule has 2 aliphatic rings. The Kier molecular flexibility index (Phi) is 3.29. The molecule has 1 saturated carbocycles. The minimum absolute atomic E-state index is 0.0362. The molecule has 1 heterocycles. The van der Waals surface area contributed by atoms with Crippen molar-refractivity contribution in [2.45, 2.75) is 50.4 Å². The van der Waals surface area contributed by atoms with Crippen LogP contribution in [0.25, 0.3) is 0 Å². The molecule has 2 fully saturated rings. The van der Waals surface area contributed by atoms with E-state index in [4.69, 9.17) is 5.11 Å². The zero-order chi connectivity index (χ0) is 13.3. The maximum atomic E-state index is 12.2. The van der Waals surface area contributed by atoms with Crippen molar-refractivity contribution in [3.8, 4) is 0 Å². The number of rotatable bonds is 2. The van der Waals surface area contributed by atoms with Gasteiger partial charge in [0.1, 0.15) is 6.04 Å². The van der Waals surface area contributed by atoms with Crippen LogP contribution in [0.3, 0.4) is 0 Å². The summed E-state index contributed by atoms with van der Waals surface area (Å²) >= 11 is 0. The molecular weight excluding hydrogens is 240 g/mol. The number of hydrogen-bond acceptors (Lipinski definition) is 3. The summed E-state index contributed by atoms with van der Waals surface area (Å²) in [5.74, 6) is 0.0682. The fourth-order valence-electron chi connectivity index (χ4n) is 3.16. The van der Waals surface area contributed by atoms with E-state index in [1.807, 2.05) is 24.3 Å². The van der Waals surface area contributed by atoms with Gasteiger partial charge < -0.3 is 10.4 Å². The molecule has 1 aliphatic heterocycles. The van der Waals surface area contributed by atoms with Crippen LogP contribution in [0.4, 0.5) is 0 Å². The summed E-state index contributed by atoms with van der Waals surface area (Å²) in [4.78, 5) is 12.2. The molecule has 1 saturated heterocycles. The van der Waals surface area contributed by atoms with Crippen molar-refractivity contribution >= 4 is 5.91 Å². The molecule has 102 valence electrons. The van der Waals surface area contributed by atoms with Gasteiger partial charge in [0.15, 0.2) is 0 Å². The van der Waals surface area contributed by atoms with Crippen LogP contribution < -0.4 is 10.6 Å². The predicted molar refractivity (Wildman–Crippen MR) is 72.2 cm³/mol. The second-order valence-electron chi connectivity index (χ2n) is 5.61. The molecule has 1 atom stereocenters. The van der Waals surface area contributed by atoms with E-state index in [1.165, 1.54) is 19.3 Å². The van der Waals surface area contributed by atoms with Gasteiger partial charge in [0.05, 0.1) is 12.3 Å². The SMILES string of the molecule is O=C1NC2(CCCCC2)NC1c1ccc(CO)cc1. The summed E-state index contributed by atoms with van der Waals surface area (Å²) in [5, 5.41) is 15.7. The molecule has 1 aromatic carbocycles. The van der Waals surface area contributed by atoms with Gasteiger partial charge in [0.25, 0.3) is 0 Å². The summed E-state index contributed by atoms with van der Waals surface area (Å²) in [6.07, 6.45) is 5.63. The van der Waals surface area contributed by atoms with E-state index < -0.39 is 0 Å². The molecule has 19 heavy (non-hydrogen) atoms. The van der Waals surface area contributed by atoms with Crippen LogP contribution in [0.15, 0.2) is 24.3 Å². The molecule has 3 N–H and O–H groups in total. The Balaban J connectivity index is 1.79. The molecule has 1 spiro atoms. The van der Waals surface area contributed by atoms with Crippen molar-refractivity contribution in [2.75, 3.05) is 0 Å². The van der Waals surface area contributed by atoms with Gasteiger partial charge in [-0.05, 0) is 36.8 Å². The normalized spacial score (nSPS) is 25.5. The second-order valence-corrected chi connectivity index (χ2v) is 5.61. The first-order valence-electron chi connectivity index (χ1n) is 7.02. The Morgan fingerprint density at radius 2 is 1.84 bits per heavy atom. The number of amides is 1. The number of carbonyl (C=O) groups is 1. The van der Waals surface area contributed by atoms with Crippen LogP contribution in [0, 0.1) is 0 Å². The third kappa shape index (κ3) is 2.38. The van der Waals surface area contributed by atoms with Gasteiger partial charge in [-0.3, -0.25) is 10.1 Å². The Morgan fingerprint density at radius 3 is 2.47 bits per heavy atom. The van der Waals surface area contributed by atoms with E-state index >= 15 is 0 Å². The Hall–Kier alpha value is -1.39. The van der Waals surface area contributed by atoms with Gasteiger partial charge in [0, 0.05) is 0 Å². The molecule has 1 aliphatic carbocycles. The average molecular weight is 260 g/mol. The lowest BCUT2D eigenvalue weighted by atomic mass is 9.89. The topological polar surface area (TPSA) is 61.4 Å². The highest BCUT2D eigenvalue weighted by atomic mass is 16.3. The third-order valence-corrected chi connectivity index (χ3v) is 4.25.